The van der Waals surface area contributed by atoms with Gasteiger partial charge in [0, 0.05) is 127 Å². The van der Waals surface area contributed by atoms with E-state index in [1.807, 2.05) is 0 Å². The van der Waals surface area contributed by atoms with E-state index in [1.54, 1.807) is 0 Å². The molecule has 0 spiro atoms. The highest BCUT2D eigenvalue weighted by molar-refractivity contribution is 6.18. The molecule has 0 radical (unpaired) electrons. The molecule has 13 heterocycles. The molecule has 10 aromatic heterocycles. The van der Waals surface area contributed by atoms with Gasteiger partial charge in [-0.3, -0.25) is 0 Å². The molecule has 0 unspecified atom stereocenters. The van der Waals surface area contributed by atoms with Gasteiger partial charge in [0.05, 0.1) is 62.2 Å². The van der Waals surface area contributed by atoms with Crippen LogP contribution in [0.15, 0.2) is 279 Å². The quantitative estimate of drug-likeness (QED) is 0.102. The van der Waals surface area contributed by atoms with Crippen molar-refractivity contribution in [2.45, 2.75) is 231 Å². The highest BCUT2D eigenvalue weighted by Gasteiger charge is 2.56. The van der Waals surface area contributed by atoms with E-state index in [2.05, 4.69) is 533 Å². The Labute approximate surface area is 856 Å². The van der Waals surface area contributed by atoms with Crippen LogP contribution in [0.4, 0.5) is 0 Å². The Morgan fingerprint density at radius 2 is 0.676 bits per heavy atom. The molecular formula is C135H145N10+5. The van der Waals surface area contributed by atoms with Crippen molar-refractivity contribution in [3.63, 3.8) is 0 Å². The van der Waals surface area contributed by atoms with Gasteiger partial charge in [-0.1, -0.05) is 380 Å². The van der Waals surface area contributed by atoms with E-state index in [0.29, 0.717) is 17.8 Å². The van der Waals surface area contributed by atoms with Crippen LogP contribution in [-0.4, -0.2) is 22.2 Å². The molecule has 0 amide bonds. The fourth-order valence-corrected chi connectivity index (χ4v) is 26.8. The second-order valence-corrected chi connectivity index (χ2v) is 47.2. The minimum atomic E-state index is -0.0556. The van der Waals surface area contributed by atoms with Gasteiger partial charge >= 0.3 is 0 Å². The summed E-state index contributed by atoms with van der Waals surface area (Å²) in [7, 11) is 11.0. The summed E-state index contributed by atoms with van der Waals surface area (Å²) in [5.74, 6) is 1.68. The number of hydrogen-bond acceptors (Lipinski definition) is 0. The number of pyridine rings is 5. The summed E-state index contributed by atoms with van der Waals surface area (Å²) < 4.78 is 24.5. The fourth-order valence-electron chi connectivity index (χ4n) is 26.8. The molecule has 3 aliphatic rings. The summed E-state index contributed by atoms with van der Waals surface area (Å²) in [4.78, 5) is 0. The first-order chi connectivity index (χ1) is 69.1. The Balaban J connectivity index is 0.000000104. The summed E-state index contributed by atoms with van der Waals surface area (Å²) in [6.07, 6.45) is 10.2. The first-order valence-corrected chi connectivity index (χ1v) is 53.1. The molecule has 145 heavy (non-hydrogen) atoms. The number of fused-ring (bicyclic) bond motifs is 21. The molecule has 0 bridgehead atoms. The van der Waals surface area contributed by atoms with Crippen LogP contribution >= 0.6 is 0 Å². The molecule has 10 nitrogen and oxygen atoms in total. The first kappa shape index (κ1) is 95.7. The normalized spacial score (nSPS) is 15.0. The summed E-state index contributed by atoms with van der Waals surface area (Å²) in [6.45, 7) is 58.5. The minimum absolute atomic E-state index is 0.0121. The molecule has 13 aromatic carbocycles. The van der Waals surface area contributed by atoms with Crippen molar-refractivity contribution >= 4 is 137 Å². The molecule has 23 aromatic rings. The standard InChI is InChI=1S/C30H33N2.C29H29N2.C29H31N2.C24H27N2.C23H25N2/c1-19(2)17-22-12-10-14-23(20(3)4)29(22)27-18-31(6)30-28-21(5)11-9-15-25(28)24-13-7-8-16-26(24)32(27)30;1-18-12-10-15-20-21-16-11-17-22-25(21)31-26(29(4,5)28(22,2)3)24(19-13-8-7-9-14-19)30(6)27(31)23(18)20;1-6-21-12-10-13-22(17-19(2)3)28(21)26-18-30(5)29-27-20(4)11-9-15-24(27)23-14-7-8-16-25(23)31(26)29;1-14-10-8-11-16-17-12-9-13-18-20(17)26-21(24(5,6)23(18,3)4)15(2)25(7)22(26)19(14)16;1-14-9-7-10-15-16-11-8-12-17-20(16)25-18(23(4,5)22(17,2)3)13-24(6)21(25)19(14)15/h7-16,18-20H,17H2,1-6H3;7-17H,1-6H3;7-16,18-19H,6,17H2,1-5H3;8-13H,1-7H3;7-13H,1-6H3/q5*+1. The molecule has 0 N–H and O–H groups in total. The van der Waals surface area contributed by atoms with Crippen molar-refractivity contribution in [3.8, 4) is 33.8 Å². The van der Waals surface area contributed by atoms with Crippen molar-refractivity contribution in [3.05, 3.63) is 369 Å². The average Bonchev–Trinajstić information content (AvgIpc) is 1.49. The van der Waals surface area contributed by atoms with Gasteiger partial charge < -0.3 is 0 Å². The number of aromatic nitrogens is 10. The van der Waals surface area contributed by atoms with Crippen LogP contribution in [0.3, 0.4) is 0 Å². The molecular weight excluding hydrogens is 1760 g/mol. The topological polar surface area (TPSA) is 42.2 Å². The number of hydrogen-bond donors (Lipinski definition) is 0. The number of para-hydroxylation sites is 5. The number of benzene rings is 13. The lowest BCUT2D eigenvalue weighted by Gasteiger charge is -2.43. The van der Waals surface area contributed by atoms with Crippen molar-refractivity contribution in [2.24, 2.45) is 47.1 Å². The zero-order valence-corrected chi connectivity index (χ0v) is 91.4. The van der Waals surface area contributed by atoms with Gasteiger partial charge in [-0.2, -0.15) is 22.0 Å². The average molecular weight is 1910 g/mol. The third-order valence-corrected chi connectivity index (χ3v) is 36.0. The molecule has 0 saturated heterocycles. The van der Waals surface area contributed by atoms with E-state index in [4.69, 9.17) is 0 Å². The predicted octanol–water partition coefficient (Wildman–Crippen LogP) is 31.0. The van der Waals surface area contributed by atoms with Gasteiger partial charge in [-0.15, -0.1) is 0 Å². The van der Waals surface area contributed by atoms with Crippen molar-refractivity contribution in [1.82, 2.24) is 22.2 Å². The van der Waals surface area contributed by atoms with Crippen LogP contribution in [0.5, 0.6) is 0 Å². The lowest BCUT2D eigenvalue weighted by Crippen LogP contribution is -2.51. The third-order valence-electron chi connectivity index (χ3n) is 36.0. The maximum atomic E-state index is 2.59. The Bertz CT molecular complexity index is 9400. The smallest absolute Gasteiger partial charge is 0.232 e. The molecule has 0 aliphatic carbocycles. The Morgan fingerprint density at radius 3 is 1.17 bits per heavy atom. The zero-order valence-electron chi connectivity index (χ0n) is 91.4. The van der Waals surface area contributed by atoms with Gasteiger partial charge in [-0.25, -0.2) is 22.8 Å². The fraction of sp³-hybridized carbons (Fsp3) is 0.311. The number of aryl methyl sites for hydroxylation is 11. The Morgan fingerprint density at radius 1 is 0.310 bits per heavy atom. The number of rotatable bonds is 9. The van der Waals surface area contributed by atoms with E-state index >= 15 is 0 Å². The minimum Gasteiger partial charge on any atom is -0.232 e. The Kier molecular flexibility index (Phi) is 22.6. The number of nitrogens with zero attached hydrogens (tertiary/aromatic N) is 10. The second-order valence-electron chi connectivity index (χ2n) is 47.2. The molecule has 0 atom stereocenters. The largest absolute Gasteiger partial charge is 0.295 e. The highest BCUT2D eigenvalue weighted by atomic mass is 15.2. The second kappa shape index (κ2) is 34.3. The predicted molar refractivity (Wildman–Crippen MR) is 611 cm³/mol. The van der Waals surface area contributed by atoms with Gasteiger partial charge in [0.1, 0.15) is 51.9 Å². The summed E-state index contributed by atoms with van der Waals surface area (Å²) in [5, 5.41) is 20.2. The van der Waals surface area contributed by atoms with Crippen LogP contribution in [0.25, 0.3) is 170 Å². The van der Waals surface area contributed by atoms with Crippen molar-refractivity contribution in [1.29, 1.82) is 0 Å². The van der Waals surface area contributed by atoms with Crippen molar-refractivity contribution in [2.75, 3.05) is 0 Å². The summed E-state index contributed by atoms with van der Waals surface area (Å²) in [5.41, 5.74) is 43.7. The molecule has 730 valence electrons. The SMILES string of the molecule is CCc1cccc(CC(C)C)c1-c1c[n+](C)c2c3c(C)cccc3c3ccccc3n12.Cc1cccc2c3cccc4c3[n+]3c(c(C)n(C)c3c12)C(C)(C)C4(C)C.Cc1cccc2c3cccc4c3n3c(c(-c5ccccc5)[n+](C)c3c12)C(C)(C)C4(C)C.Cc1cccc2c3cccc4c3n3c(c[n+](C)c3c12)C(C)(C)C4(C)C.Cc1cccc2c3ccccc3n3c(-c4c(CC(C)C)cccc4C(C)C)c[n+](C)c3c12. The van der Waals surface area contributed by atoms with Gasteiger partial charge in [0.15, 0.2) is 34.2 Å². The van der Waals surface area contributed by atoms with E-state index in [0.717, 1.165) is 19.3 Å². The van der Waals surface area contributed by atoms with Crippen LogP contribution < -0.4 is 22.7 Å². The van der Waals surface area contributed by atoms with E-state index in [1.165, 1.54) is 260 Å². The van der Waals surface area contributed by atoms with Crippen LogP contribution in [0.1, 0.15) is 227 Å². The molecule has 0 fully saturated rings. The van der Waals surface area contributed by atoms with Gasteiger partial charge in [-0.05, 0) is 134 Å². The molecule has 0 saturated carbocycles. The Hall–Kier alpha value is -14.1. The van der Waals surface area contributed by atoms with E-state index < -0.39 is 0 Å². The van der Waals surface area contributed by atoms with Crippen LogP contribution in [0, 0.1) is 53.4 Å². The maximum Gasteiger partial charge on any atom is 0.295 e. The molecule has 10 heteroatoms. The summed E-state index contributed by atoms with van der Waals surface area (Å²) in [6, 6.07) is 96.5. The lowest BCUT2D eigenvalue weighted by molar-refractivity contribution is -0.643. The molecule has 3 aliphatic heterocycles. The van der Waals surface area contributed by atoms with Crippen LogP contribution in [0.2, 0.25) is 0 Å². The molecule has 26 rings (SSSR count). The highest BCUT2D eigenvalue weighted by Crippen LogP contribution is 2.57. The summed E-state index contributed by atoms with van der Waals surface area (Å²) >= 11 is 0. The van der Waals surface area contributed by atoms with Crippen LogP contribution in [-0.2, 0) is 87.0 Å². The number of imidazole rings is 5. The zero-order chi connectivity index (χ0) is 102. The monoisotopic (exact) mass is 1910 g/mol. The third kappa shape index (κ3) is 13.8. The first-order valence-electron chi connectivity index (χ1n) is 53.1. The van der Waals surface area contributed by atoms with Gasteiger partial charge in [0.25, 0.3) is 28.2 Å². The van der Waals surface area contributed by atoms with E-state index in [-0.39, 0.29) is 32.5 Å². The maximum absolute atomic E-state index is 2.59. The van der Waals surface area contributed by atoms with E-state index in [9.17, 15) is 0 Å². The van der Waals surface area contributed by atoms with Gasteiger partial charge in [0.2, 0.25) is 0 Å². The van der Waals surface area contributed by atoms with Crippen molar-refractivity contribution < 1.29 is 22.7 Å². The lowest BCUT2D eigenvalue weighted by atomic mass is 9.60.